The lowest BCUT2D eigenvalue weighted by Gasteiger charge is -2.17. The zero-order valence-corrected chi connectivity index (χ0v) is 15.0. The molecule has 5 nitrogen and oxygen atoms in total. The van der Waals surface area contributed by atoms with Crippen LogP contribution in [0.2, 0.25) is 0 Å². The number of benzene rings is 2. The molecule has 1 aromatic heterocycles. The zero-order chi connectivity index (χ0) is 18.4. The van der Waals surface area contributed by atoms with Gasteiger partial charge in [0.25, 0.3) is 0 Å². The Hall–Kier alpha value is -3.02. The SMILES string of the molecule is COc1c(OCC[18F])ccc2cc3[n+](cc12)CCc1cc2c(cc1-3)OCO2. The molecule has 5 rings (SSSR count). The van der Waals surface area contributed by atoms with Crippen LogP contribution in [-0.2, 0) is 13.0 Å². The van der Waals surface area contributed by atoms with Crippen LogP contribution < -0.4 is 23.5 Å². The predicted molar refractivity (Wildman–Crippen MR) is 97.4 cm³/mol. The van der Waals surface area contributed by atoms with Crippen molar-refractivity contribution in [2.24, 2.45) is 0 Å². The van der Waals surface area contributed by atoms with Crippen LogP contribution >= 0.6 is 0 Å². The third-order valence-electron chi connectivity index (χ3n) is 5.12. The molecule has 0 radical (unpaired) electrons. The fourth-order valence-electron chi connectivity index (χ4n) is 3.87. The molecule has 138 valence electrons. The summed E-state index contributed by atoms with van der Waals surface area (Å²) in [6.45, 7) is 0.610. The van der Waals surface area contributed by atoms with E-state index in [4.69, 9.17) is 18.9 Å². The van der Waals surface area contributed by atoms with E-state index < -0.39 is 6.67 Å². The van der Waals surface area contributed by atoms with Crippen molar-refractivity contribution in [1.29, 1.82) is 0 Å². The van der Waals surface area contributed by atoms with Crippen molar-refractivity contribution in [1.82, 2.24) is 0 Å². The molecule has 0 saturated carbocycles. The quantitative estimate of drug-likeness (QED) is 0.663. The third-order valence-corrected chi connectivity index (χ3v) is 5.12. The molecule has 3 aromatic rings. The van der Waals surface area contributed by atoms with Crippen LogP contribution in [0.4, 0.5) is 4.39 Å². The first-order chi connectivity index (χ1) is 13.3. The molecule has 0 fully saturated rings. The number of nitrogens with zero attached hydrogens (tertiary/aromatic N) is 1. The normalized spacial score (nSPS) is 14.0. The fourth-order valence-corrected chi connectivity index (χ4v) is 3.87. The summed E-state index contributed by atoms with van der Waals surface area (Å²) in [6, 6.07) is 10.1. The fraction of sp³-hybridized carbons (Fsp3) is 0.286. The van der Waals surface area contributed by atoms with Crippen LogP contribution in [0.15, 0.2) is 36.5 Å². The molecule has 0 saturated heterocycles. The van der Waals surface area contributed by atoms with Gasteiger partial charge in [-0.25, -0.2) is 4.39 Å². The number of ether oxygens (including phenoxy) is 4. The second kappa shape index (κ2) is 6.30. The highest BCUT2D eigenvalue weighted by Gasteiger charge is 2.28. The molecule has 2 aliphatic heterocycles. The van der Waals surface area contributed by atoms with Gasteiger partial charge in [0.2, 0.25) is 12.5 Å². The van der Waals surface area contributed by atoms with Gasteiger partial charge >= 0.3 is 0 Å². The van der Waals surface area contributed by atoms with Crippen LogP contribution in [0, 0.1) is 0 Å². The van der Waals surface area contributed by atoms with Gasteiger partial charge < -0.3 is 18.9 Å². The van der Waals surface area contributed by atoms with E-state index in [1.807, 2.05) is 12.1 Å². The van der Waals surface area contributed by atoms with Crippen molar-refractivity contribution in [2.45, 2.75) is 13.0 Å². The van der Waals surface area contributed by atoms with Crippen molar-refractivity contribution < 1.29 is 27.9 Å². The number of alkyl halides is 1. The number of hydrogen-bond donors (Lipinski definition) is 0. The topological polar surface area (TPSA) is 40.8 Å². The number of aryl methyl sites for hydroxylation is 2. The largest absolute Gasteiger partial charge is 0.492 e. The van der Waals surface area contributed by atoms with E-state index in [0.717, 1.165) is 46.5 Å². The van der Waals surface area contributed by atoms with Crippen LogP contribution in [0.3, 0.4) is 0 Å². The lowest BCUT2D eigenvalue weighted by Crippen LogP contribution is -2.40. The van der Waals surface area contributed by atoms with E-state index in [9.17, 15) is 4.39 Å². The smallest absolute Gasteiger partial charge is 0.231 e. The van der Waals surface area contributed by atoms with Gasteiger partial charge in [-0.15, -0.1) is 0 Å². The van der Waals surface area contributed by atoms with E-state index in [0.29, 0.717) is 11.5 Å². The molecule has 0 bridgehead atoms. The molecule has 0 spiro atoms. The summed E-state index contributed by atoms with van der Waals surface area (Å²) < 4.78 is 36.9. The summed E-state index contributed by atoms with van der Waals surface area (Å²) in [5.74, 6) is 2.80. The Labute approximate surface area is 155 Å². The van der Waals surface area contributed by atoms with Crippen molar-refractivity contribution >= 4 is 10.8 Å². The third kappa shape index (κ3) is 2.55. The molecule has 0 amide bonds. The van der Waals surface area contributed by atoms with Crippen molar-refractivity contribution in [3.63, 3.8) is 0 Å². The van der Waals surface area contributed by atoms with Crippen LogP contribution in [0.25, 0.3) is 22.0 Å². The van der Waals surface area contributed by atoms with Crippen molar-refractivity contribution in [2.75, 3.05) is 27.2 Å². The highest BCUT2D eigenvalue weighted by molar-refractivity contribution is 5.91. The van der Waals surface area contributed by atoms with E-state index in [2.05, 4.69) is 29.0 Å². The van der Waals surface area contributed by atoms with Gasteiger partial charge in [0, 0.05) is 12.5 Å². The number of halogens is 1. The van der Waals surface area contributed by atoms with E-state index in [1.165, 1.54) is 5.56 Å². The second-order valence-electron chi connectivity index (χ2n) is 6.60. The first kappa shape index (κ1) is 16.2. The minimum Gasteiger partial charge on any atom is -0.492 e. The standard InChI is InChI=1S/C21H19FNO4/c1-24-21-16-11-23-6-4-14-9-19-20(27-12-26-19)10-15(14)17(23)8-13(16)2-3-18(21)25-7-5-22/h2-3,8-11H,4-7,12H2,1H3/q+1/i22-1. The predicted octanol–water partition coefficient (Wildman–Crippen LogP) is 3.44. The van der Waals surface area contributed by atoms with Crippen LogP contribution in [0.1, 0.15) is 5.56 Å². The average Bonchev–Trinajstić information content (AvgIpc) is 3.16. The van der Waals surface area contributed by atoms with Gasteiger partial charge in [-0.1, -0.05) is 0 Å². The maximum Gasteiger partial charge on any atom is 0.231 e. The molecule has 0 unspecified atom stereocenters. The highest BCUT2D eigenvalue weighted by Crippen LogP contribution is 2.41. The van der Waals surface area contributed by atoms with Gasteiger partial charge in [-0.05, 0) is 35.2 Å². The van der Waals surface area contributed by atoms with E-state index >= 15 is 0 Å². The molecular formula is C21H19FNO4+. The van der Waals surface area contributed by atoms with Gasteiger partial charge in [-0.2, -0.15) is 4.57 Å². The minimum atomic E-state index is -0.535. The summed E-state index contributed by atoms with van der Waals surface area (Å²) in [4.78, 5) is 0. The maximum atomic E-state index is 12.5. The summed E-state index contributed by atoms with van der Waals surface area (Å²) in [7, 11) is 1.61. The Morgan fingerprint density at radius 2 is 2.00 bits per heavy atom. The number of hydrogen-bond acceptors (Lipinski definition) is 4. The zero-order valence-electron chi connectivity index (χ0n) is 15.0. The molecular weight excluding hydrogens is 348 g/mol. The summed E-state index contributed by atoms with van der Waals surface area (Å²) >= 11 is 0. The molecule has 2 aromatic carbocycles. The number of rotatable bonds is 4. The summed E-state index contributed by atoms with van der Waals surface area (Å²) in [6.07, 6.45) is 2.99. The van der Waals surface area contributed by atoms with Gasteiger partial charge in [0.05, 0.1) is 18.1 Å². The number of pyridine rings is 1. The van der Waals surface area contributed by atoms with E-state index in [1.54, 1.807) is 7.11 Å². The summed E-state index contributed by atoms with van der Waals surface area (Å²) in [5.41, 5.74) is 3.54. The average molecular weight is 367 g/mol. The Balaban J connectivity index is 1.67. The molecule has 0 aliphatic carbocycles. The molecule has 3 heterocycles. The molecule has 2 aliphatic rings. The van der Waals surface area contributed by atoms with Crippen molar-refractivity contribution in [3.05, 3.63) is 42.1 Å². The monoisotopic (exact) mass is 367 g/mol. The number of methoxy groups -OCH3 is 1. The Morgan fingerprint density at radius 3 is 2.81 bits per heavy atom. The van der Waals surface area contributed by atoms with Crippen LogP contribution in [-0.4, -0.2) is 27.2 Å². The molecule has 6 heteroatoms. The van der Waals surface area contributed by atoms with Gasteiger partial charge in [-0.3, -0.25) is 0 Å². The Kier molecular flexibility index (Phi) is 3.77. The number of aromatic nitrogens is 1. The van der Waals surface area contributed by atoms with Crippen LogP contribution in [0.5, 0.6) is 23.0 Å². The lowest BCUT2D eigenvalue weighted by molar-refractivity contribution is -0.686. The number of fused-ring (bicyclic) bond motifs is 5. The van der Waals surface area contributed by atoms with Crippen molar-refractivity contribution in [3.8, 4) is 34.3 Å². The summed E-state index contributed by atoms with van der Waals surface area (Å²) in [5, 5.41) is 1.98. The Bertz CT molecular complexity index is 1050. The van der Waals surface area contributed by atoms with Gasteiger partial charge in [0.15, 0.2) is 35.7 Å². The first-order valence-electron chi connectivity index (χ1n) is 8.94. The Morgan fingerprint density at radius 1 is 1.15 bits per heavy atom. The minimum absolute atomic E-state index is 0.0144. The van der Waals surface area contributed by atoms with Gasteiger partial charge in [0.1, 0.15) is 13.3 Å². The second-order valence-corrected chi connectivity index (χ2v) is 6.60. The molecule has 27 heavy (non-hydrogen) atoms. The molecule has 0 N–H and O–H groups in total. The molecule has 0 atom stereocenters. The first-order valence-corrected chi connectivity index (χ1v) is 8.94. The van der Waals surface area contributed by atoms with E-state index in [-0.39, 0.29) is 13.4 Å². The lowest BCUT2D eigenvalue weighted by atomic mass is 9.95. The maximum absolute atomic E-state index is 12.5. The highest BCUT2D eigenvalue weighted by atomic mass is 18.2.